The highest BCUT2D eigenvalue weighted by atomic mass is 16.5. The molecule has 19 heavy (non-hydrogen) atoms. The molecule has 2 rings (SSSR count). The lowest BCUT2D eigenvalue weighted by Crippen LogP contribution is -2.11. The SMILES string of the molecule is CCNCc1ccn(CCCOc2ccccc2)c1. The van der Waals surface area contributed by atoms with Crippen molar-refractivity contribution in [2.24, 2.45) is 0 Å². The number of benzene rings is 1. The highest BCUT2D eigenvalue weighted by Crippen LogP contribution is 2.09. The van der Waals surface area contributed by atoms with Crippen molar-refractivity contribution in [3.63, 3.8) is 0 Å². The van der Waals surface area contributed by atoms with Crippen molar-refractivity contribution < 1.29 is 4.74 Å². The van der Waals surface area contributed by atoms with E-state index in [9.17, 15) is 0 Å². The van der Waals surface area contributed by atoms with E-state index in [4.69, 9.17) is 4.74 Å². The van der Waals surface area contributed by atoms with Crippen LogP contribution in [0.4, 0.5) is 0 Å². The fraction of sp³-hybridized carbons (Fsp3) is 0.375. The van der Waals surface area contributed by atoms with Gasteiger partial charge in [-0.2, -0.15) is 0 Å². The van der Waals surface area contributed by atoms with Crippen molar-refractivity contribution in [1.29, 1.82) is 0 Å². The smallest absolute Gasteiger partial charge is 0.119 e. The predicted octanol–water partition coefficient (Wildman–Crippen LogP) is 3.07. The first-order valence-electron chi connectivity index (χ1n) is 6.91. The molecule has 0 saturated heterocycles. The molecule has 0 unspecified atom stereocenters. The number of hydrogen-bond donors (Lipinski definition) is 1. The van der Waals surface area contributed by atoms with Crippen molar-refractivity contribution in [2.45, 2.75) is 26.4 Å². The highest BCUT2D eigenvalue weighted by Gasteiger charge is 1.97. The van der Waals surface area contributed by atoms with Gasteiger partial charge in [-0.1, -0.05) is 25.1 Å². The van der Waals surface area contributed by atoms with Crippen molar-refractivity contribution in [2.75, 3.05) is 13.2 Å². The summed E-state index contributed by atoms with van der Waals surface area (Å²) in [5, 5.41) is 3.33. The second-order valence-corrected chi connectivity index (χ2v) is 4.55. The van der Waals surface area contributed by atoms with Gasteiger partial charge >= 0.3 is 0 Å². The van der Waals surface area contributed by atoms with E-state index in [1.54, 1.807) is 0 Å². The van der Waals surface area contributed by atoms with Crippen molar-refractivity contribution >= 4 is 0 Å². The summed E-state index contributed by atoms with van der Waals surface area (Å²) in [6, 6.07) is 12.1. The third kappa shape index (κ3) is 4.79. The molecule has 0 atom stereocenters. The zero-order valence-corrected chi connectivity index (χ0v) is 11.5. The Morgan fingerprint density at radius 3 is 2.79 bits per heavy atom. The molecular formula is C16H22N2O. The zero-order chi connectivity index (χ0) is 13.3. The third-order valence-electron chi connectivity index (χ3n) is 2.96. The minimum atomic E-state index is 0.755. The Morgan fingerprint density at radius 2 is 2.00 bits per heavy atom. The maximum Gasteiger partial charge on any atom is 0.119 e. The molecule has 2 aromatic rings. The van der Waals surface area contributed by atoms with E-state index >= 15 is 0 Å². The average molecular weight is 258 g/mol. The van der Waals surface area contributed by atoms with Crippen LogP contribution >= 0.6 is 0 Å². The van der Waals surface area contributed by atoms with Crippen LogP contribution < -0.4 is 10.1 Å². The molecule has 0 fully saturated rings. The number of nitrogens with zero attached hydrogens (tertiary/aromatic N) is 1. The van der Waals surface area contributed by atoms with Gasteiger partial charge in [-0.15, -0.1) is 0 Å². The molecule has 0 radical (unpaired) electrons. The van der Waals surface area contributed by atoms with Gasteiger partial charge < -0.3 is 14.6 Å². The molecule has 3 nitrogen and oxygen atoms in total. The summed E-state index contributed by atoms with van der Waals surface area (Å²) in [4.78, 5) is 0. The maximum absolute atomic E-state index is 5.67. The number of hydrogen-bond acceptors (Lipinski definition) is 2. The molecule has 0 amide bonds. The number of ether oxygens (including phenoxy) is 1. The van der Waals surface area contributed by atoms with Crippen molar-refractivity contribution in [3.8, 4) is 5.75 Å². The van der Waals surface area contributed by atoms with Gasteiger partial charge in [0.1, 0.15) is 5.75 Å². The first-order chi connectivity index (χ1) is 9.38. The van der Waals surface area contributed by atoms with E-state index in [-0.39, 0.29) is 0 Å². The number of para-hydroxylation sites is 1. The molecule has 102 valence electrons. The summed E-state index contributed by atoms with van der Waals surface area (Å²) in [5.41, 5.74) is 1.34. The minimum absolute atomic E-state index is 0.755. The van der Waals surface area contributed by atoms with Crippen LogP contribution in [0.5, 0.6) is 5.75 Å². The molecular weight excluding hydrogens is 236 g/mol. The summed E-state index contributed by atoms with van der Waals surface area (Å²) in [6.07, 6.45) is 5.35. The molecule has 0 saturated carbocycles. The standard InChI is InChI=1S/C16H22N2O/c1-2-17-13-15-9-11-18(14-15)10-6-12-19-16-7-4-3-5-8-16/h3-5,7-9,11,14,17H,2,6,10,12-13H2,1H3. The van der Waals surface area contributed by atoms with E-state index in [0.717, 1.165) is 38.4 Å². The average Bonchev–Trinajstić information content (AvgIpc) is 2.90. The summed E-state index contributed by atoms with van der Waals surface area (Å²) >= 11 is 0. The highest BCUT2D eigenvalue weighted by molar-refractivity contribution is 5.20. The van der Waals surface area contributed by atoms with Crippen molar-refractivity contribution in [1.82, 2.24) is 9.88 Å². The Balaban J connectivity index is 1.66. The van der Waals surface area contributed by atoms with Crippen LogP contribution in [0.1, 0.15) is 18.9 Å². The van der Waals surface area contributed by atoms with Crippen LogP contribution in [0.2, 0.25) is 0 Å². The van der Waals surface area contributed by atoms with Gasteiger partial charge in [0, 0.05) is 25.5 Å². The molecule has 0 aliphatic carbocycles. The van der Waals surface area contributed by atoms with Gasteiger partial charge in [0.15, 0.2) is 0 Å². The van der Waals surface area contributed by atoms with Crippen LogP contribution in [0.3, 0.4) is 0 Å². The summed E-state index contributed by atoms with van der Waals surface area (Å²) < 4.78 is 7.90. The van der Waals surface area contributed by atoms with E-state index in [2.05, 4.69) is 35.3 Å². The molecule has 1 N–H and O–H groups in total. The van der Waals surface area contributed by atoms with Gasteiger partial charge in [0.25, 0.3) is 0 Å². The Kier molecular flexibility index (Phi) is 5.50. The predicted molar refractivity (Wildman–Crippen MR) is 78.4 cm³/mol. The fourth-order valence-corrected chi connectivity index (χ4v) is 1.96. The molecule has 3 heteroatoms. The first kappa shape index (κ1) is 13.7. The van der Waals surface area contributed by atoms with Gasteiger partial charge in [0.05, 0.1) is 6.61 Å². The van der Waals surface area contributed by atoms with E-state index < -0.39 is 0 Å². The normalized spacial score (nSPS) is 10.6. The van der Waals surface area contributed by atoms with Crippen LogP contribution in [0, 0.1) is 0 Å². The van der Waals surface area contributed by atoms with Gasteiger partial charge in [-0.05, 0) is 36.7 Å². The lowest BCUT2D eigenvalue weighted by Gasteiger charge is -2.06. The van der Waals surface area contributed by atoms with Crippen LogP contribution in [0.15, 0.2) is 48.8 Å². The second-order valence-electron chi connectivity index (χ2n) is 4.55. The minimum Gasteiger partial charge on any atom is -0.494 e. The van der Waals surface area contributed by atoms with E-state index in [0.29, 0.717) is 0 Å². The van der Waals surface area contributed by atoms with E-state index in [1.165, 1.54) is 5.56 Å². The molecule has 1 aromatic carbocycles. The summed E-state index contributed by atoms with van der Waals surface area (Å²) in [7, 11) is 0. The molecule has 1 aromatic heterocycles. The van der Waals surface area contributed by atoms with Crippen LogP contribution in [-0.2, 0) is 13.1 Å². The Hall–Kier alpha value is -1.74. The lowest BCUT2D eigenvalue weighted by atomic mass is 10.3. The summed E-state index contributed by atoms with van der Waals surface area (Å²) in [6.45, 7) is 5.84. The molecule has 1 heterocycles. The Bertz CT molecular complexity index is 465. The van der Waals surface area contributed by atoms with Gasteiger partial charge in [-0.25, -0.2) is 0 Å². The topological polar surface area (TPSA) is 26.2 Å². The van der Waals surface area contributed by atoms with Crippen LogP contribution in [-0.4, -0.2) is 17.7 Å². The van der Waals surface area contributed by atoms with Crippen molar-refractivity contribution in [3.05, 3.63) is 54.4 Å². The third-order valence-corrected chi connectivity index (χ3v) is 2.96. The molecule has 0 aliphatic rings. The fourth-order valence-electron chi connectivity index (χ4n) is 1.96. The number of aromatic nitrogens is 1. The Morgan fingerprint density at radius 1 is 1.16 bits per heavy atom. The largest absolute Gasteiger partial charge is 0.494 e. The maximum atomic E-state index is 5.67. The van der Waals surface area contributed by atoms with Crippen LogP contribution in [0.25, 0.3) is 0 Å². The molecule has 0 bridgehead atoms. The zero-order valence-electron chi connectivity index (χ0n) is 11.5. The monoisotopic (exact) mass is 258 g/mol. The molecule has 0 aliphatic heterocycles. The second kappa shape index (κ2) is 7.64. The number of nitrogens with one attached hydrogen (secondary N) is 1. The molecule has 0 spiro atoms. The van der Waals surface area contributed by atoms with E-state index in [1.807, 2.05) is 30.3 Å². The summed E-state index contributed by atoms with van der Waals surface area (Å²) in [5.74, 6) is 0.947. The number of rotatable bonds is 8. The Labute approximate surface area is 115 Å². The quantitative estimate of drug-likeness (QED) is 0.736. The van der Waals surface area contributed by atoms with Gasteiger partial charge in [0.2, 0.25) is 0 Å². The number of aryl methyl sites for hydroxylation is 1. The van der Waals surface area contributed by atoms with Gasteiger partial charge in [-0.3, -0.25) is 0 Å². The first-order valence-corrected chi connectivity index (χ1v) is 6.91. The lowest BCUT2D eigenvalue weighted by molar-refractivity contribution is 0.302.